The maximum Gasteiger partial charge on any atom is 3.00 e. The van der Waals surface area contributed by atoms with Crippen molar-refractivity contribution in [2.45, 2.75) is 0 Å². The van der Waals surface area contributed by atoms with Crippen LogP contribution in [-0.2, 0) is 14.4 Å². The van der Waals surface area contributed by atoms with Crippen LogP contribution >= 0.6 is 0 Å². The Morgan fingerprint density at radius 3 is 0.750 bits per heavy atom. The summed E-state index contributed by atoms with van der Waals surface area (Å²) in [6.45, 7) is -4.17. The van der Waals surface area contributed by atoms with Gasteiger partial charge in [-0.2, -0.15) is 0 Å². The minimum absolute atomic E-state index is 0. The first kappa shape index (κ1) is 24.7. The molecule has 6 nitrogen and oxygen atoms in total. The van der Waals surface area contributed by atoms with Gasteiger partial charge in [0.1, 0.15) is 20.0 Å². The van der Waals surface area contributed by atoms with Crippen molar-refractivity contribution >= 4 is 17.9 Å². The quantitative estimate of drug-likeness (QED) is 0.500. The van der Waals surface area contributed by atoms with E-state index >= 15 is 0 Å². The van der Waals surface area contributed by atoms with Gasteiger partial charge >= 0.3 is 41.7 Å². The molecule has 16 heavy (non-hydrogen) atoms. The average molecular weight is 371 g/mol. The molecule has 0 saturated carbocycles. The summed E-state index contributed by atoms with van der Waals surface area (Å²) in [5.74, 6) is -4.99. The van der Waals surface area contributed by atoms with Crippen molar-refractivity contribution in [2.24, 2.45) is 0 Å². The molecular formula is C6H6CeF3O6. The van der Waals surface area contributed by atoms with Gasteiger partial charge in [-0.25, -0.2) is 13.2 Å². The summed E-state index contributed by atoms with van der Waals surface area (Å²) in [7, 11) is 0. The van der Waals surface area contributed by atoms with Crippen LogP contribution in [0.5, 0.6) is 0 Å². The predicted octanol–water partition coefficient (Wildman–Crippen LogP) is -3.88. The second-order valence-corrected chi connectivity index (χ2v) is 1.52. The number of hydrogen-bond acceptors (Lipinski definition) is 6. The molecule has 91 valence electrons. The van der Waals surface area contributed by atoms with Gasteiger partial charge in [0.2, 0.25) is 0 Å². The fourth-order valence-corrected chi connectivity index (χ4v) is 0. The first-order chi connectivity index (χ1) is 6.81. The van der Waals surface area contributed by atoms with E-state index < -0.39 is 37.9 Å². The Bertz CT molecular complexity index is 167. The SMILES string of the molecule is O=C([O-])CF.O=C([O-])CF.O=C([O-])CF.[Ce+3]. The summed E-state index contributed by atoms with van der Waals surface area (Å²) >= 11 is 0. The molecule has 0 amide bonds. The van der Waals surface area contributed by atoms with Crippen LogP contribution in [0.15, 0.2) is 0 Å². The Labute approximate surface area is 122 Å². The second-order valence-electron chi connectivity index (χ2n) is 1.52. The first-order valence-corrected chi connectivity index (χ1v) is 3.09. The van der Waals surface area contributed by atoms with Gasteiger partial charge < -0.3 is 29.7 Å². The van der Waals surface area contributed by atoms with Crippen LogP contribution in [0.1, 0.15) is 0 Å². The molecule has 0 fully saturated rings. The number of rotatable bonds is 3. The third-order valence-corrected chi connectivity index (χ3v) is 0.327. The van der Waals surface area contributed by atoms with Gasteiger partial charge in [-0.15, -0.1) is 0 Å². The number of alkyl halides is 3. The minimum Gasteiger partial charge on any atom is -0.547 e. The molecule has 0 aliphatic carbocycles. The van der Waals surface area contributed by atoms with Gasteiger partial charge in [-0.05, 0) is 0 Å². The fourth-order valence-electron chi connectivity index (χ4n) is 0. The van der Waals surface area contributed by atoms with Gasteiger partial charge in [0, 0.05) is 0 Å². The minimum atomic E-state index is -1.66. The molecule has 0 unspecified atom stereocenters. The molecule has 0 saturated heterocycles. The van der Waals surface area contributed by atoms with Crippen LogP contribution in [0.25, 0.3) is 0 Å². The second kappa shape index (κ2) is 20.0. The molecule has 0 aromatic heterocycles. The van der Waals surface area contributed by atoms with Crippen molar-refractivity contribution in [2.75, 3.05) is 20.0 Å². The Morgan fingerprint density at radius 2 is 0.750 bits per heavy atom. The smallest absolute Gasteiger partial charge is 0.547 e. The van der Waals surface area contributed by atoms with E-state index in [4.69, 9.17) is 29.7 Å². The van der Waals surface area contributed by atoms with Crippen LogP contribution < -0.4 is 15.3 Å². The number of carbonyl (C=O) groups excluding carboxylic acids is 3. The molecule has 0 bridgehead atoms. The zero-order valence-electron chi connectivity index (χ0n) is 7.70. The predicted molar refractivity (Wildman–Crippen MR) is 32.9 cm³/mol. The van der Waals surface area contributed by atoms with E-state index in [9.17, 15) is 13.2 Å². The van der Waals surface area contributed by atoms with E-state index in [0.717, 1.165) is 0 Å². The average Bonchev–Trinajstić information content (AvgIpc) is 2.19. The Morgan fingerprint density at radius 1 is 0.688 bits per heavy atom. The van der Waals surface area contributed by atoms with Crippen molar-refractivity contribution in [3.63, 3.8) is 0 Å². The molecule has 10 heteroatoms. The van der Waals surface area contributed by atoms with E-state index in [-0.39, 0.29) is 41.7 Å². The van der Waals surface area contributed by atoms with Crippen molar-refractivity contribution in [3.05, 3.63) is 0 Å². The molecule has 0 aromatic carbocycles. The van der Waals surface area contributed by atoms with Crippen LogP contribution in [0.2, 0.25) is 0 Å². The maximum absolute atomic E-state index is 10.5. The van der Waals surface area contributed by atoms with Gasteiger partial charge in [0.25, 0.3) is 0 Å². The summed E-state index contributed by atoms with van der Waals surface area (Å²) in [6.07, 6.45) is 0. The fraction of sp³-hybridized carbons (Fsp3) is 0.500. The van der Waals surface area contributed by atoms with Gasteiger partial charge in [-0.1, -0.05) is 0 Å². The number of halogens is 3. The number of carboxylic acid groups (broad SMARTS) is 3. The largest absolute Gasteiger partial charge is 3.00 e. The molecule has 0 atom stereocenters. The molecule has 0 N–H and O–H groups in total. The van der Waals surface area contributed by atoms with Gasteiger partial charge in [0.05, 0.1) is 17.9 Å². The zero-order valence-corrected chi connectivity index (χ0v) is 10.8. The van der Waals surface area contributed by atoms with Crippen molar-refractivity contribution in [1.29, 1.82) is 0 Å². The molecule has 1 radical (unpaired) electrons. The van der Waals surface area contributed by atoms with E-state index in [1.54, 1.807) is 0 Å². The molecule has 0 aliphatic rings. The van der Waals surface area contributed by atoms with Crippen LogP contribution in [0, 0.1) is 41.7 Å². The number of carboxylic acids is 3. The van der Waals surface area contributed by atoms with Crippen molar-refractivity contribution < 1.29 is 84.6 Å². The molecule has 0 aliphatic heterocycles. The van der Waals surface area contributed by atoms with E-state index in [0.29, 0.717) is 0 Å². The van der Waals surface area contributed by atoms with Crippen LogP contribution in [-0.4, -0.2) is 37.9 Å². The summed E-state index contributed by atoms with van der Waals surface area (Å²) in [6, 6.07) is 0. The third kappa shape index (κ3) is 69.1. The third-order valence-electron chi connectivity index (χ3n) is 0.327. The van der Waals surface area contributed by atoms with Gasteiger partial charge in [0.15, 0.2) is 0 Å². The Kier molecular flexibility index (Phi) is 30.9. The zero-order chi connectivity index (χ0) is 12.9. The Balaban J connectivity index is -0.0000000655. The van der Waals surface area contributed by atoms with Crippen molar-refractivity contribution in [3.8, 4) is 0 Å². The molecule has 0 rings (SSSR count). The molecule has 0 spiro atoms. The normalized spacial score (nSPS) is 6.94. The Hall–Kier alpha value is -0.423. The van der Waals surface area contributed by atoms with Crippen LogP contribution in [0.3, 0.4) is 0 Å². The van der Waals surface area contributed by atoms with Gasteiger partial charge in [-0.3, -0.25) is 0 Å². The summed E-state index contributed by atoms with van der Waals surface area (Å²) in [5.41, 5.74) is 0. The monoisotopic (exact) mass is 371 g/mol. The molecule has 0 aromatic rings. The number of aliphatic carboxylic acids is 3. The summed E-state index contributed by atoms with van der Waals surface area (Å²) < 4.78 is 31.4. The van der Waals surface area contributed by atoms with E-state index in [1.165, 1.54) is 0 Å². The first-order valence-electron chi connectivity index (χ1n) is 3.09. The summed E-state index contributed by atoms with van der Waals surface area (Å²) in [4.78, 5) is 26.6. The molecular weight excluding hydrogens is 365 g/mol. The van der Waals surface area contributed by atoms with E-state index in [2.05, 4.69) is 0 Å². The van der Waals surface area contributed by atoms with Crippen molar-refractivity contribution in [1.82, 2.24) is 0 Å². The maximum atomic E-state index is 10.5. The topological polar surface area (TPSA) is 120 Å². The number of carbonyl (C=O) groups is 3. The summed E-state index contributed by atoms with van der Waals surface area (Å²) in [5, 5.41) is 26.6. The number of hydrogen-bond donors (Lipinski definition) is 0. The molecule has 0 heterocycles. The van der Waals surface area contributed by atoms with Crippen LogP contribution in [0.4, 0.5) is 13.2 Å². The van der Waals surface area contributed by atoms with E-state index in [1.807, 2.05) is 0 Å². The standard InChI is InChI=1S/3C2H3FO2.Ce/c3*3-1-2(4)5;/h3*1H2,(H,4,5);/q;;;+3/p-3.